The smallest absolute Gasteiger partial charge is 0.0364 e. The molecule has 2 heteroatoms. The van der Waals surface area contributed by atoms with E-state index in [1.165, 1.54) is 15.6 Å². The molecule has 66 valence electrons. The average molecular weight is 300 g/mol. The lowest BCUT2D eigenvalue weighted by atomic mass is 9.97. The molecule has 0 saturated heterocycles. The fraction of sp³-hybridized carbons (Fsp3) is 0.273. The van der Waals surface area contributed by atoms with Crippen molar-refractivity contribution in [3.63, 3.8) is 0 Å². The minimum Gasteiger partial charge on any atom is -0.0870 e. The second-order valence-corrected chi connectivity index (χ2v) is 5.60. The van der Waals surface area contributed by atoms with Gasteiger partial charge >= 0.3 is 0 Å². The Bertz CT molecular complexity index is 395. The highest BCUT2D eigenvalue weighted by Gasteiger charge is 2.44. The summed E-state index contributed by atoms with van der Waals surface area (Å²) in [5.74, 6) is 1.14. The predicted octanol–water partition coefficient (Wildman–Crippen LogP) is 3.92. The molecule has 2 bridgehead atoms. The van der Waals surface area contributed by atoms with E-state index in [0.717, 1.165) is 0 Å². The molecule has 0 N–H and O–H groups in total. The molecule has 0 amide bonds. The highest BCUT2D eigenvalue weighted by atomic mass is 79.9. The number of allylic oxidation sites excluding steroid dienone is 2. The molecule has 2 aliphatic rings. The monoisotopic (exact) mass is 298 g/mol. The van der Waals surface area contributed by atoms with E-state index in [0.29, 0.717) is 16.7 Å². The third kappa shape index (κ3) is 0.962. The molecule has 1 aromatic carbocycles. The molecular formula is C11H8Br2. The molecule has 3 rings (SSSR count). The molecule has 0 aromatic heterocycles. The molecule has 0 aliphatic heterocycles. The van der Waals surface area contributed by atoms with E-state index in [1.54, 1.807) is 0 Å². The van der Waals surface area contributed by atoms with Gasteiger partial charge in [-0.3, -0.25) is 0 Å². The Morgan fingerprint density at radius 2 is 1.77 bits per heavy atom. The minimum atomic E-state index is 0.557. The van der Waals surface area contributed by atoms with Crippen LogP contribution < -0.4 is 0 Å². The van der Waals surface area contributed by atoms with Crippen molar-refractivity contribution in [2.75, 3.05) is 0 Å². The summed E-state index contributed by atoms with van der Waals surface area (Å²) in [6.07, 6.45) is 2.33. The molecular weight excluding hydrogens is 292 g/mol. The van der Waals surface area contributed by atoms with Crippen LogP contribution in [-0.4, -0.2) is 4.83 Å². The van der Waals surface area contributed by atoms with Crippen LogP contribution in [0.3, 0.4) is 0 Å². The first-order chi connectivity index (χ1) is 6.29. The van der Waals surface area contributed by atoms with Crippen LogP contribution in [0.4, 0.5) is 0 Å². The molecule has 0 heterocycles. The molecule has 2 aliphatic carbocycles. The zero-order valence-electron chi connectivity index (χ0n) is 6.87. The number of benzene rings is 1. The van der Waals surface area contributed by atoms with Crippen LogP contribution in [0.15, 0.2) is 34.8 Å². The normalized spacial score (nSPS) is 34.6. The van der Waals surface area contributed by atoms with Crippen molar-refractivity contribution in [1.29, 1.82) is 0 Å². The average Bonchev–Trinajstić information content (AvgIpc) is 2.56. The van der Waals surface area contributed by atoms with Crippen LogP contribution in [0.5, 0.6) is 0 Å². The van der Waals surface area contributed by atoms with Gasteiger partial charge in [0.15, 0.2) is 0 Å². The number of rotatable bonds is 0. The molecule has 13 heavy (non-hydrogen) atoms. The first kappa shape index (κ1) is 8.25. The van der Waals surface area contributed by atoms with Gasteiger partial charge in [0, 0.05) is 21.1 Å². The lowest BCUT2D eigenvalue weighted by Gasteiger charge is -2.11. The molecule has 0 nitrogen and oxygen atoms in total. The molecule has 1 aromatic rings. The predicted molar refractivity (Wildman–Crippen MR) is 61.6 cm³/mol. The van der Waals surface area contributed by atoms with Crippen LogP contribution in [-0.2, 0) is 0 Å². The molecule has 0 radical (unpaired) electrons. The highest BCUT2D eigenvalue weighted by Crippen LogP contribution is 2.56. The fourth-order valence-corrected chi connectivity index (χ4v) is 4.58. The van der Waals surface area contributed by atoms with Gasteiger partial charge in [-0.2, -0.15) is 0 Å². The van der Waals surface area contributed by atoms with E-state index in [1.807, 2.05) is 0 Å². The number of hydrogen-bond donors (Lipinski definition) is 0. The van der Waals surface area contributed by atoms with E-state index < -0.39 is 0 Å². The summed E-state index contributed by atoms with van der Waals surface area (Å²) in [5, 5.41) is 0. The van der Waals surface area contributed by atoms with Gasteiger partial charge in [-0.25, -0.2) is 0 Å². The quantitative estimate of drug-likeness (QED) is 0.637. The topological polar surface area (TPSA) is 0 Å². The minimum absolute atomic E-state index is 0.557. The Hall–Kier alpha value is -0.0800. The maximum atomic E-state index is 3.77. The Labute approximate surface area is 94.3 Å². The van der Waals surface area contributed by atoms with Crippen LogP contribution in [0.25, 0.3) is 0 Å². The largest absolute Gasteiger partial charge is 0.0870 e. The molecule has 0 fully saturated rings. The van der Waals surface area contributed by atoms with Crippen LogP contribution >= 0.6 is 31.9 Å². The van der Waals surface area contributed by atoms with Crippen molar-refractivity contribution in [1.82, 2.24) is 0 Å². The second-order valence-electron chi connectivity index (χ2n) is 3.63. The number of fused-ring (bicyclic) bond motifs is 5. The third-order valence-electron chi connectivity index (χ3n) is 2.99. The van der Waals surface area contributed by atoms with Gasteiger partial charge in [0.05, 0.1) is 0 Å². The Morgan fingerprint density at radius 1 is 1.08 bits per heavy atom. The van der Waals surface area contributed by atoms with Crippen molar-refractivity contribution in [2.45, 2.75) is 16.7 Å². The van der Waals surface area contributed by atoms with E-state index in [2.05, 4.69) is 62.2 Å². The SMILES string of the molecule is BrC1=C[C@@H]2c3ccccc3[C@H]1[C@@H]2Br. The van der Waals surface area contributed by atoms with Gasteiger partial charge in [-0.15, -0.1) is 0 Å². The van der Waals surface area contributed by atoms with Gasteiger partial charge in [0.25, 0.3) is 0 Å². The standard InChI is InChI=1S/C11H8Br2/c12-9-5-8-6-3-1-2-4-7(6)10(9)11(8)13/h1-5,8,10-11H/t8-,10-,11-/m1/s1. The summed E-state index contributed by atoms with van der Waals surface area (Å²) in [7, 11) is 0. The fourth-order valence-electron chi connectivity index (χ4n) is 2.41. The molecule has 0 unspecified atom stereocenters. The summed E-state index contributed by atoms with van der Waals surface area (Å²) < 4.78 is 1.35. The number of halogens is 2. The van der Waals surface area contributed by atoms with Gasteiger partial charge in [0.1, 0.15) is 0 Å². The van der Waals surface area contributed by atoms with Crippen LogP contribution in [0, 0.1) is 0 Å². The molecule has 0 saturated carbocycles. The van der Waals surface area contributed by atoms with Crippen molar-refractivity contribution >= 4 is 31.9 Å². The van der Waals surface area contributed by atoms with E-state index in [4.69, 9.17) is 0 Å². The zero-order valence-corrected chi connectivity index (χ0v) is 10.0. The lowest BCUT2D eigenvalue weighted by molar-refractivity contribution is 0.839. The number of alkyl halides is 1. The van der Waals surface area contributed by atoms with Crippen molar-refractivity contribution in [2.24, 2.45) is 0 Å². The Morgan fingerprint density at radius 3 is 2.54 bits per heavy atom. The summed E-state index contributed by atoms with van der Waals surface area (Å²) >= 11 is 7.41. The van der Waals surface area contributed by atoms with Gasteiger partial charge in [0.2, 0.25) is 0 Å². The summed E-state index contributed by atoms with van der Waals surface area (Å²) in [6.45, 7) is 0. The van der Waals surface area contributed by atoms with E-state index in [-0.39, 0.29) is 0 Å². The lowest BCUT2D eigenvalue weighted by Crippen LogP contribution is -2.01. The third-order valence-corrected chi connectivity index (χ3v) is 4.84. The van der Waals surface area contributed by atoms with Crippen LogP contribution in [0.2, 0.25) is 0 Å². The molecule has 3 atom stereocenters. The van der Waals surface area contributed by atoms with Crippen molar-refractivity contribution in [3.8, 4) is 0 Å². The molecule has 0 spiro atoms. The van der Waals surface area contributed by atoms with Gasteiger partial charge < -0.3 is 0 Å². The Balaban J connectivity index is 2.23. The summed E-state index contributed by atoms with van der Waals surface area (Å²) in [4.78, 5) is 0.569. The number of hydrogen-bond acceptors (Lipinski definition) is 0. The zero-order chi connectivity index (χ0) is 9.00. The maximum Gasteiger partial charge on any atom is 0.0364 e. The van der Waals surface area contributed by atoms with E-state index >= 15 is 0 Å². The highest BCUT2D eigenvalue weighted by molar-refractivity contribution is 9.12. The van der Waals surface area contributed by atoms with Crippen molar-refractivity contribution in [3.05, 3.63) is 46.0 Å². The second kappa shape index (κ2) is 2.71. The first-order valence-corrected chi connectivity index (χ1v) is 6.10. The van der Waals surface area contributed by atoms with Gasteiger partial charge in [-0.05, 0) is 11.1 Å². The van der Waals surface area contributed by atoms with E-state index in [9.17, 15) is 0 Å². The summed E-state index contributed by atoms with van der Waals surface area (Å²) in [5.41, 5.74) is 2.99. The maximum absolute atomic E-state index is 3.77. The van der Waals surface area contributed by atoms with Crippen LogP contribution in [0.1, 0.15) is 23.0 Å². The Kier molecular flexibility index (Phi) is 1.72. The first-order valence-electron chi connectivity index (χ1n) is 4.39. The summed E-state index contributed by atoms with van der Waals surface area (Å²) in [6, 6.07) is 8.73. The van der Waals surface area contributed by atoms with Gasteiger partial charge in [-0.1, -0.05) is 62.2 Å². The van der Waals surface area contributed by atoms with Crippen molar-refractivity contribution < 1.29 is 0 Å².